The fourth-order valence-corrected chi connectivity index (χ4v) is 4.21. The summed E-state index contributed by atoms with van der Waals surface area (Å²) in [5.41, 5.74) is 1.96. The zero-order valence-corrected chi connectivity index (χ0v) is 18.0. The first-order chi connectivity index (χ1) is 11.9. The van der Waals surface area contributed by atoms with Crippen molar-refractivity contribution in [2.24, 2.45) is 0 Å². The fraction of sp³-hybridized carbons (Fsp3) is 0.278. The molecule has 1 N–H and O–H groups in total. The van der Waals surface area contributed by atoms with E-state index >= 15 is 0 Å². The molecule has 0 fully saturated rings. The Morgan fingerprint density at radius 2 is 1.88 bits per heavy atom. The highest BCUT2D eigenvalue weighted by Gasteiger charge is 2.31. The Hall–Kier alpha value is -1.05. The van der Waals surface area contributed by atoms with Gasteiger partial charge in [0, 0.05) is 10.0 Å². The van der Waals surface area contributed by atoms with Crippen molar-refractivity contribution in [1.82, 2.24) is 0 Å². The number of ketones is 1. The molecule has 0 spiro atoms. The van der Waals surface area contributed by atoms with Crippen LogP contribution in [-0.4, -0.2) is 28.9 Å². The van der Waals surface area contributed by atoms with E-state index in [1.807, 2.05) is 19.1 Å². The number of fused-ring (bicyclic) bond motifs is 1. The molecule has 1 heterocycles. The van der Waals surface area contributed by atoms with Crippen LogP contribution in [0.2, 0.25) is 0 Å². The number of halogens is 3. The topological polar surface area (TPSA) is 55.8 Å². The van der Waals surface area contributed by atoms with Gasteiger partial charge in [0.15, 0.2) is 17.3 Å². The molecule has 2 unspecified atom stereocenters. The van der Waals surface area contributed by atoms with Crippen LogP contribution in [0.4, 0.5) is 0 Å². The first-order valence-electron chi connectivity index (χ1n) is 7.59. The number of phenols is 1. The zero-order valence-electron chi connectivity index (χ0n) is 13.3. The van der Waals surface area contributed by atoms with Gasteiger partial charge < -0.3 is 14.6 Å². The summed E-state index contributed by atoms with van der Waals surface area (Å²) in [4.78, 5) is 11.9. The molecule has 2 aromatic carbocycles. The summed E-state index contributed by atoms with van der Waals surface area (Å²) in [5, 5.41) is 10.1. The van der Waals surface area contributed by atoms with Crippen molar-refractivity contribution in [3.05, 3.63) is 51.5 Å². The molecular formula is C18H15Br3O4. The summed E-state index contributed by atoms with van der Waals surface area (Å²) in [6.07, 6.45) is 0. The van der Waals surface area contributed by atoms with Crippen molar-refractivity contribution >= 4 is 53.6 Å². The van der Waals surface area contributed by atoms with Crippen LogP contribution in [0, 0.1) is 6.92 Å². The Morgan fingerprint density at radius 1 is 1.16 bits per heavy atom. The summed E-state index contributed by atoms with van der Waals surface area (Å²) in [7, 11) is 0. The van der Waals surface area contributed by atoms with Crippen molar-refractivity contribution < 1.29 is 19.4 Å². The van der Waals surface area contributed by atoms with E-state index in [1.54, 1.807) is 18.2 Å². The van der Waals surface area contributed by atoms with Crippen LogP contribution in [0.5, 0.6) is 17.2 Å². The number of ether oxygens (including phenoxy) is 2. The van der Waals surface area contributed by atoms with Crippen molar-refractivity contribution in [1.29, 1.82) is 0 Å². The number of carbonyl (C=O) groups is 1. The maximum atomic E-state index is 12.8. The maximum absolute atomic E-state index is 12.8. The predicted molar refractivity (Wildman–Crippen MR) is 107 cm³/mol. The predicted octanol–water partition coefficient (Wildman–Crippen LogP) is 5.32. The van der Waals surface area contributed by atoms with Crippen LogP contribution in [-0.2, 0) is 0 Å². The second-order valence-corrected chi connectivity index (χ2v) is 8.60. The lowest BCUT2D eigenvalue weighted by atomic mass is 10.00. The zero-order chi connectivity index (χ0) is 18.1. The molecule has 7 heteroatoms. The summed E-state index contributed by atoms with van der Waals surface area (Å²) >= 11 is 10.5. The summed E-state index contributed by atoms with van der Waals surface area (Å²) in [6.45, 7) is 2.81. The second-order valence-electron chi connectivity index (χ2n) is 5.71. The van der Waals surface area contributed by atoms with E-state index in [0.29, 0.717) is 24.7 Å². The number of aromatic hydroxyl groups is 1. The van der Waals surface area contributed by atoms with Gasteiger partial charge in [-0.2, -0.15) is 0 Å². The highest BCUT2D eigenvalue weighted by atomic mass is 79.9. The minimum atomic E-state index is -0.593. The molecule has 1 aliphatic heterocycles. The van der Waals surface area contributed by atoms with Crippen molar-refractivity contribution in [2.45, 2.75) is 16.6 Å². The third-order valence-electron chi connectivity index (χ3n) is 3.86. The Kier molecular flexibility index (Phi) is 5.75. The molecule has 25 heavy (non-hydrogen) atoms. The first-order valence-corrected chi connectivity index (χ1v) is 10.2. The number of hydrogen-bond donors (Lipinski definition) is 1. The average molecular weight is 535 g/mol. The molecule has 1 aliphatic rings. The Bertz CT molecular complexity index is 822. The quantitative estimate of drug-likeness (QED) is 0.426. The van der Waals surface area contributed by atoms with Crippen LogP contribution in [0.25, 0.3) is 0 Å². The minimum Gasteiger partial charge on any atom is -0.507 e. The van der Waals surface area contributed by atoms with Gasteiger partial charge in [-0.25, -0.2) is 0 Å². The van der Waals surface area contributed by atoms with E-state index in [4.69, 9.17) is 9.47 Å². The number of phenolic OH excluding ortho intramolecular Hbond substituents is 1. The van der Waals surface area contributed by atoms with Crippen LogP contribution in [0.3, 0.4) is 0 Å². The van der Waals surface area contributed by atoms with E-state index in [-0.39, 0.29) is 21.9 Å². The van der Waals surface area contributed by atoms with Crippen molar-refractivity contribution in [3.63, 3.8) is 0 Å². The molecule has 2 aromatic rings. The van der Waals surface area contributed by atoms with E-state index in [9.17, 15) is 9.90 Å². The van der Waals surface area contributed by atoms with Crippen LogP contribution >= 0.6 is 47.8 Å². The van der Waals surface area contributed by atoms with Gasteiger partial charge in [-0.15, -0.1) is 0 Å². The molecule has 0 aliphatic carbocycles. The Morgan fingerprint density at radius 3 is 2.60 bits per heavy atom. The number of rotatable bonds is 4. The second kappa shape index (κ2) is 7.68. The monoisotopic (exact) mass is 532 g/mol. The van der Waals surface area contributed by atoms with E-state index in [0.717, 1.165) is 15.6 Å². The summed E-state index contributed by atoms with van der Waals surface area (Å²) in [6, 6.07) is 8.75. The normalized spacial score (nSPS) is 15.5. The smallest absolute Gasteiger partial charge is 0.181 e. The third-order valence-corrected chi connectivity index (χ3v) is 6.99. The number of aryl methyl sites for hydroxylation is 1. The van der Waals surface area contributed by atoms with E-state index in [1.165, 1.54) is 0 Å². The van der Waals surface area contributed by atoms with Crippen LogP contribution in [0.15, 0.2) is 34.8 Å². The summed E-state index contributed by atoms with van der Waals surface area (Å²) < 4.78 is 12.2. The van der Waals surface area contributed by atoms with Crippen molar-refractivity contribution in [2.75, 3.05) is 13.2 Å². The van der Waals surface area contributed by atoms with Gasteiger partial charge in [0.25, 0.3) is 0 Å². The average Bonchev–Trinajstić information content (AvgIpc) is 2.59. The molecule has 132 valence electrons. The maximum Gasteiger partial charge on any atom is 0.181 e. The summed E-state index contributed by atoms with van der Waals surface area (Å²) in [5.74, 6) is 1.03. The van der Waals surface area contributed by atoms with Gasteiger partial charge >= 0.3 is 0 Å². The van der Waals surface area contributed by atoms with E-state index < -0.39 is 4.83 Å². The first kappa shape index (κ1) is 18.7. The number of carbonyl (C=O) groups excluding carboxylic acids is 1. The van der Waals surface area contributed by atoms with Gasteiger partial charge in [0.05, 0.1) is 15.2 Å². The minimum absolute atomic E-state index is 0.0231. The molecule has 0 radical (unpaired) electrons. The molecule has 0 saturated heterocycles. The third kappa shape index (κ3) is 3.88. The molecule has 0 saturated carbocycles. The van der Waals surface area contributed by atoms with Crippen LogP contribution < -0.4 is 9.47 Å². The lowest BCUT2D eigenvalue weighted by molar-refractivity contribution is 0.0987. The van der Waals surface area contributed by atoms with Crippen LogP contribution in [0.1, 0.15) is 26.3 Å². The lowest BCUT2D eigenvalue weighted by Crippen LogP contribution is -2.22. The van der Waals surface area contributed by atoms with Gasteiger partial charge in [0.2, 0.25) is 0 Å². The molecule has 0 aromatic heterocycles. The number of alkyl halides is 2. The number of benzene rings is 2. The Labute approximate surface area is 170 Å². The molecule has 0 bridgehead atoms. The van der Waals surface area contributed by atoms with E-state index in [2.05, 4.69) is 47.8 Å². The van der Waals surface area contributed by atoms with Gasteiger partial charge in [-0.1, -0.05) is 53.9 Å². The molecule has 2 atom stereocenters. The van der Waals surface area contributed by atoms with Gasteiger partial charge in [0.1, 0.15) is 19.0 Å². The number of Topliss-reactive ketones (excluding diaryl/α,β-unsaturated/α-hetero) is 1. The number of hydrogen-bond acceptors (Lipinski definition) is 4. The SMILES string of the molecule is Cc1ccc(C(=O)C(Br)C(Br)c2cc(Br)cc3c2OCCO3)c(O)c1. The highest BCUT2D eigenvalue weighted by molar-refractivity contribution is 9.12. The van der Waals surface area contributed by atoms with Crippen molar-refractivity contribution in [3.8, 4) is 17.2 Å². The largest absolute Gasteiger partial charge is 0.507 e. The molecule has 0 amide bonds. The standard InChI is InChI=1S/C18H15Br3O4/c1-9-2-3-11(13(22)6-9)17(23)16(21)15(20)12-7-10(19)8-14-18(12)25-5-4-24-14/h2-3,6-8,15-16,22H,4-5H2,1H3. The molecule has 3 rings (SSSR count). The Balaban J connectivity index is 1.94. The fourth-order valence-electron chi connectivity index (χ4n) is 2.64. The van der Waals surface area contributed by atoms with Gasteiger partial charge in [-0.3, -0.25) is 4.79 Å². The van der Waals surface area contributed by atoms with Gasteiger partial charge in [-0.05, 0) is 36.8 Å². The lowest BCUT2D eigenvalue weighted by Gasteiger charge is -2.25. The molecule has 4 nitrogen and oxygen atoms in total. The highest BCUT2D eigenvalue weighted by Crippen LogP contribution is 2.45. The molecular weight excluding hydrogens is 520 g/mol.